The fourth-order valence-corrected chi connectivity index (χ4v) is 14.0. The molecule has 2 aliphatic rings. The van der Waals surface area contributed by atoms with Crippen molar-refractivity contribution in [2.24, 2.45) is 12.8 Å². The summed E-state index contributed by atoms with van der Waals surface area (Å²) in [6.45, 7) is 1.06. The van der Waals surface area contributed by atoms with Gasteiger partial charge in [0.15, 0.2) is 0 Å². The second-order valence-corrected chi connectivity index (χ2v) is 26.7. The van der Waals surface area contributed by atoms with Crippen LogP contribution in [0.25, 0.3) is 21.8 Å². The Morgan fingerprint density at radius 2 is 1.35 bits per heavy atom. The third-order valence-electron chi connectivity index (χ3n) is 17.4. The number of benzene rings is 4. The molecule has 5 heterocycles. The lowest BCUT2D eigenvalue weighted by molar-refractivity contribution is -0.144. The average molecular weight is 1380 g/mol. The Kier molecular flexibility index (Phi) is 24.8. The minimum Gasteiger partial charge on any atom is -0.497 e. The van der Waals surface area contributed by atoms with Crippen LogP contribution >= 0.6 is 23.5 Å². The molecule has 3 aromatic heterocycles. The van der Waals surface area contributed by atoms with E-state index in [1.54, 1.807) is 49.8 Å². The zero-order valence-corrected chi connectivity index (χ0v) is 56.7. The summed E-state index contributed by atoms with van der Waals surface area (Å²) in [6, 6.07) is 17.9. The van der Waals surface area contributed by atoms with Crippen LogP contribution in [0.2, 0.25) is 0 Å². The quantitative estimate of drug-likeness (QED) is 0.0840. The number of hydrogen-bond acceptors (Lipinski definition) is 15. The van der Waals surface area contributed by atoms with Crippen LogP contribution in [-0.4, -0.2) is 199 Å². The summed E-state index contributed by atoms with van der Waals surface area (Å²) in [5.41, 5.74) is 11.3. The normalized spacial score (nSPS) is 22.5. The van der Waals surface area contributed by atoms with Gasteiger partial charge in [-0.2, -0.15) is 23.5 Å². The van der Waals surface area contributed by atoms with Crippen LogP contribution < -0.4 is 42.4 Å². The monoisotopic (exact) mass is 1380 g/mol. The van der Waals surface area contributed by atoms with Crippen molar-refractivity contribution in [2.45, 2.75) is 118 Å². The number of para-hydroxylation sites is 2. The summed E-state index contributed by atoms with van der Waals surface area (Å²) in [6.07, 6.45) is 5.03. The number of nitrogens with one attached hydrogen (secondary N) is 8. The van der Waals surface area contributed by atoms with E-state index in [0.717, 1.165) is 32.4 Å². The van der Waals surface area contributed by atoms with Crippen molar-refractivity contribution < 1.29 is 62.6 Å². The molecular weight excluding hydrogens is 1300 g/mol. The highest BCUT2D eigenvalue weighted by atomic mass is 32.2. The van der Waals surface area contributed by atoms with Crippen molar-refractivity contribution >= 4 is 110 Å². The number of rotatable bonds is 12. The third kappa shape index (κ3) is 18.9. The maximum Gasteiger partial charge on any atom is 0.305 e. The second-order valence-electron chi connectivity index (χ2n) is 24.5. The van der Waals surface area contributed by atoms with E-state index in [4.69, 9.17) is 10.5 Å². The summed E-state index contributed by atoms with van der Waals surface area (Å²) < 4.78 is 7.20. The number of nitrogens with two attached hydrogens (primary N) is 1. The molecule has 11 N–H and O–H groups in total. The van der Waals surface area contributed by atoms with Crippen LogP contribution in [0.15, 0.2) is 122 Å². The van der Waals surface area contributed by atoms with E-state index in [1.165, 1.54) is 74.0 Å². The number of ether oxygens (including phenoxy) is 1. The number of carboxylic acid groups (broad SMARTS) is 1. The van der Waals surface area contributed by atoms with Crippen LogP contribution in [0.4, 0.5) is 0 Å². The number of nitrogens with zero attached hydrogens (tertiary/aromatic N) is 5. The molecule has 518 valence electrons. The molecule has 1 fully saturated rings. The maximum absolute atomic E-state index is 15.3. The Bertz CT molecular complexity index is 4050. The van der Waals surface area contributed by atoms with Gasteiger partial charge in [0.25, 0.3) is 0 Å². The molecule has 0 unspecified atom stereocenters. The maximum atomic E-state index is 15.3. The topological polar surface area (TPSA) is 375 Å². The van der Waals surface area contributed by atoms with Gasteiger partial charge in [-0.15, -0.1) is 0 Å². The van der Waals surface area contributed by atoms with Gasteiger partial charge in [-0.3, -0.25) is 52.7 Å². The van der Waals surface area contributed by atoms with Crippen molar-refractivity contribution in [1.29, 1.82) is 0 Å². The molecule has 98 heavy (non-hydrogen) atoms. The average Bonchev–Trinajstić information content (AvgIpc) is 1.63. The summed E-state index contributed by atoms with van der Waals surface area (Å²) in [5, 5.41) is 28.2. The van der Waals surface area contributed by atoms with Gasteiger partial charge in [-0.1, -0.05) is 72.8 Å². The molecule has 2 bridgehead atoms. The number of aryl methyl sites for hydroxylation is 1. The van der Waals surface area contributed by atoms with Gasteiger partial charge in [-0.05, 0) is 71.8 Å². The number of carbonyl (C=O) groups excluding carboxylic acids is 10. The van der Waals surface area contributed by atoms with E-state index in [9.17, 15) is 38.7 Å². The molecule has 0 spiro atoms. The fraction of sp³-hybridized carbons (Fsp3) is 0.391. The summed E-state index contributed by atoms with van der Waals surface area (Å²) in [4.78, 5) is 171. The largest absolute Gasteiger partial charge is 0.497 e. The van der Waals surface area contributed by atoms with E-state index in [0.29, 0.717) is 57.2 Å². The summed E-state index contributed by atoms with van der Waals surface area (Å²) in [7, 11) is 6.06. The number of amides is 10. The zero-order chi connectivity index (χ0) is 70.2. The second kappa shape index (κ2) is 33.7. The van der Waals surface area contributed by atoms with Gasteiger partial charge >= 0.3 is 5.97 Å². The lowest BCUT2D eigenvalue weighted by Crippen LogP contribution is -2.61. The smallest absolute Gasteiger partial charge is 0.305 e. The van der Waals surface area contributed by atoms with Gasteiger partial charge in [0.05, 0.1) is 26.4 Å². The lowest BCUT2D eigenvalue weighted by atomic mass is 10.0. The SMILES string of the molecule is COc1ccc(C[C@@H]2NC(=O)[C@H](Cc3cnc[nH]3)NC(=O)[C@H](CC(=O)O)NC(=O)[C@H](Cc3cn(C)c4ccccc34)NC(=O)[C@H](Cc3c[nH]c4ccccc34)N(C)C(=O)CN(C)C(=O)[C@H](C)NC(=O)CCSCc3cccc(c3)CSC[C@@H](C(N)=O)NC(=O)[C@@H]3CCCN3C2=O)cc1. The molecule has 10 amide bonds. The lowest BCUT2D eigenvalue weighted by Gasteiger charge is -2.31. The van der Waals surface area contributed by atoms with E-state index in [-0.39, 0.29) is 50.8 Å². The molecule has 2 aliphatic heterocycles. The van der Waals surface area contributed by atoms with Crippen LogP contribution in [-0.2, 0) is 97.0 Å². The van der Waals surface area contributed by atoms with Crippen LogP contribution in [0.3, 0.4) is 0 Å². The summed E-state index contributed by atoms with van der Waals surface area (Å²) in [5.74, 6) is -7.26. The molecule has 29 heteroatoms. The molecular formula is C69H82N14O13S2. The highest BCUT2D eigenvalue weighted by molar-refractivity contribution is 7.98. The third-order valence-corrected chi connectivity index (χ3v) is 19.5. The van der Waals surface area contributed by atoms with E-state index in [1.807, 2.05) is 71.3 Å². The number of carboxylic acids is 1. The molecule has 0 radical (unpaired) electrons. The predicted octanol–water partition coefficient (Wildman–Crippen LogP) is 2.40. The number of aliphatic carboxylic acids is 1. The van der Waals surface area contributed by atoms with E-state index >= 15 is 19.2 Å². The number of primary amides is 1. The molecule has 0 saturated carbocycles. The van der Waals surface area contributed by atoms with Gasteiger partial charge < -0.3 is 76.7 Å². The molecule has 1 saturated heterocycles. The van der Waals surface area contributed by atoms with E-state index < -0.39 is 126 Å². The first kappa shape index (κ1) is 72.1. The molecule has 8 atom stereocenters. The minimum absolute atomic E-state index is 0.0712. The highest BCUT2D eigenvalue weighted by Gasteiger charge is 2.41. The number of thioether (sulfide) groups is 2. The van der Waals surface area contributed by atoms with Crippen molar-refractivity contribution in [3.8, 4) is 5.75 Å². The van der Waals surface area contributed by atoms with Gasteiger partial charge in [0.1, 0.15) is 54.1 Å². The number of fused-ring (bicyclic) bond motifs is 5. The number of aromatic amines is 2. The number of imidazole rings is 1. The Morgan fingerprint density at radius 3 is 2.05 bits per heavy atom. The number of methoxy groups -OCH3 is 1. The Morgan fingerprint density at radius 1 is 0.684 bits per heavy atom. The number of likely N-dealkylation sites (N-methyl/N-ethyl adjacent to an activating group) is 2. The van der Waals surface area contributed by atoms with Crippen LogP contribution in [0, 0.1) is 0 Å². The molecule has 7 aromatic rings. The number of carbonyl (C=O) groups is 11. The first-order chi connectivity index (χ1) is 47.0. The Labute approximate surface area is 574 Å². The number of aromatic nitrogens is 4. The summed E-state index contributed by atoms with van der Waals surface area (Å²) >= 11 is 2.86. The van der Waals surface area contributed by atoms with Crippen LogP contribution in [0.5, 0.6) is 5.75 Å². The highest BCUT2D eigenvalue weighted by Crippen LogP contribution is 2.26. The minimum atomic E-state index is -1.93. The van der Waals surface area contributed by atoms with Crippen molar-refractivity contribution in [3.63, 3.8) is 0 Å². The predicted molar refractivity (Wildman–Crippen MR) is 369 cm³/mol. The molecule has 9 rings (SSSR count). The van der Waals surface area contributed by atoms with E-state index in [2.05, 4.69) is 46.9 Å². The molecule has 0 aliphatic carbocycles. The fourth-order valence-electron chi connectivity index (χ4n) is 12.1. The molecule has 27 nitrogen and oxygen atoms in total. The van der Waals surface area contributed by atoms with Gasteiger partial charge in [-0.25, -0.2) is 4.98 Å². The van der Waals surface area contributed by atoms with Crippen molar-refractivity contribution in [2.75, 3.05) is 45.8 Å². The molecule has 4 aromatic carbocycles. The first-order valence-electron chi connectivity index (χ1n) is 32.1. The van der Waals surface area contributed by atoms with Crippen molar-refractivity contribution in [1.82, 2.24) is 66.1 Å². The first-order valence-corrected chi connectivity index (χ1v) is 34.4. The number of H-pyrrole nitrogens is 2. The number of hydrogen-bond donors (Lipinski definition) is 10. The Balaban J connectivity index is 1.06. The Hall–Kier alpha value is -10.2. The zero-order valence-electron chi connectivity index (χ0n) is 55.0. The van der Waals surface area contributed by atoms with Gasteiger partial charge in [0.2, 0.25) is 59.1 Å². The van der Waals surface area contributed by atoms with Crippen molar-refractivity contribution in [3.05, 3.63) is 155 Å². The standard InChI is InChI=1S/C69H82N14O13S2/c1-40-68(94)81(3)35-60(85)82(4)58(29-44-32-72-50-16-8-6-14-48(44)50)67(93)77-51(28-45-34-80(2)56-17-9-7-15-49(45)56)63(89)76-53(31-61(86)87)65(91)75-52(30-46-33-71-39-73-46)64(90)78-54(27-41-19-21-47(96-5)22-20-41)69(95)83-24-11-18-57(83)66(92)79-55(62(70)88)38-98-37-43-13-10-12-42(26-43)36-97-25-23-59(84)74-40/h6-10,12-17,19-22,26,32-34,39-40,51-55,57-58,72H,11,18,23-25,27-31,35-38H2,1-5H3,(H2,70,88)(H,71,73)(H,74,84)(H,75,91)(H,76,89)(H,77,93)(H,78,90)(H,79,92)(H,86,87)/t40-,51-,52-,53-,54-,55-,57-,58-/m0/s1. The van der Waals surface area contributed by atoms with Crippen LogP contribution in [0.1, 0.15) is 66.1 Å². The van der Waals surface area contributed by atoms with Gasteiger partial charge in [0, 0.05) is 129 Å².